The number of ether oxygens (including phenoxy) is 1. The summed E-state index contributed by atoms with van der Waals surface area (Å²) in [5.74, 6) is -2.88. The lowest BCUT2D eigenvalue weighted by molar-refractivity contribution is -0.143. The van der Waals surface area contributed by atoms with Crippen molar-refractivity contribution < 1.29 is 27.3 Å². The molecule has 0 spiro atoms. The Morgan fingerprint density at radius 2 is 1.82 bits per heavy atom. The highest BCUT2D eigenvalue weighted by molar-refractivity contribution is 7.90. The number of carbonyl (C=O) groups is 1. The molecule has 1 N–H and O–H groups in total. The van der Waals surface area contributed by atoms with E-state index < -0.39 is 52.0 Å². The molecule has 1 fully saturated rings. The van der Waals surface area contributed by atoms with Crippen molar-refractivity contribution in [2.24, 2.45) is 0 Å². The molecule has 0 saturated heterocycles. The molecule has 2 unspecified atom stereocenters. The minimum absolute atomic E-state index is 0.0803. The van der Waals surface area contributed by atoms with E-state index in [2.05, 4.69) is 4.72 Å². The molecule has 2 aromatic rings. The third kappa shape index (κ3) is 5.44. The first-order valence-electron chi connectivity index (χ1n) is 11.5. The van der Waals surface area contributed by atoms with E-state index in [1.54, 1.807) is 47.6 Å². The van der Waals surface area contributed by atoms with E-state index >= 15 is 8.78 Å². The number of nitrogens with one attached hydrogen (secondary N) is 1. The Bertz CT molecular complexity index is 1080. The molecule has 3 rings (SSSR count). The standard InChI is InChI=1S/C26H32F3NO3S/c1-7-33-20(31)13-19(30-34(32)26(4,5)6)23-24(28)21(16-11-12-16)15(3)22(25(23)29)17-9-8-10-18(27)14(17)2/h8-10,16,19,30H,7,11-13H2,1-6H3. The van der Waals surface area contributed by atoms with Gasteiger partial charge in [0, 0.05) is 22.5 Å². The van der Waals surface area contributed by atoms with Crippen LogP contribution in [0.15, 0.2) is 18.2 Å². The molecule has 0 bridgehead atoms. The first kappa shape index (κ1) is 26.6. The average Bonchev–Trinajstić information content (AvgIpc) is 3.55. The molecule has 8 heteroatoms. The first-order valence-corrected chi connectivity index (χ1v) is 12.6. The zero-order valence-corrected chi connectivity index (χ0v) is 21.3. The highest BCUT2D eigenvalue weighted by Crippen LogP contribution is 2.48. The zero-order valence-electron chi connectivity index (χ0n) is 20.5. The lowest BCUT2D eigenvalue weighted by Gasteiger charge is -2.29. The molecule has 4 nitrogen and oxygen atoms in total. The highest BCUT2D eigenvalue weighted by atomic mass is 32.2. The van der Waals surface area contributed by atoms with Crippen LogP contribution in [0.25, 0.3) is 11.1 Å². The quantitative estimate of drug-likeness (QED) is 0.344. The van der Waals surface area contributed by atoms with Crippen molar-refractivity contribution in [3.8, 4) is 11.1 Å². The van der Waals surface area contributed by atoms with E-state index in [1.807, 2.05) is 0 Å². The van der Waals surface area contributed by atoms with E-state index in [1.165, 1.54) is 12.1 Å². The van der Waals surface area contributed by atoms with Gasteiger partial charge in [0.2, 0.25) is 0 Å². The second-order valence-corrected chi connectivity index (χ2v) is 11.7. The van der Waals surface area contributed by atoms with Gasteiger partial charge in [-0.2, -0.15) is 0 Å². The topological polar surface area (TPSA) is 61.4 Å². The van der Waals surface area contributed by atoms with Crippen LogP contribution in [0.4, 0.5) is 13.2 Å². The molecule has 0 amide bonds. The van der Waals surface area contributed by atoms with Gasteiger partial charge >= 0.3 is 5.97 Å². The van der Waals surface area contributed by atoms with Gasteiger partial charge in [0.15, 0.2) is 0 Å². The molecule has 1 aliphatic carbocycles. The normalized spacial score (nSPS) is 15.8. The number of hydrogen-bond acceptors (Lipinski definition) is 4. The average molecular weight is 496 g/mol. The van der Waals surface area contributed by atoms with Crippen LogP contribution in [-0.4, -0.2) is 21.9 Å². The maximum Gasteiger partial charge on any atom is 0.307 e. The van der Waals surface area contributed by atoms with Crippen LogP contribution >= 0.6 is 0 Å². The second kappa shape index (κ2) is 10.3. The van der Waals surface area contributed by atoms with Gasteiger partial charge in [-0.15, -0.1) is 4.72 Å². The number of carbonyl (C=O) groups excluding carboxylic acids is 1. The molecule has 1 saturated carbocycles. The fourth-order valence-electron chi connectivity index (χ4n) is 4.10. The van der Waals surface area contributed by atoms with E-state index in [4.69, 9.17) is 4.74 Å². The molecule has 0 aliphatic heterocycles. The van der Waals surface area contributed by atoms with Crippen molar-refractivity contribution >= 4 is 17.3 Å². The van der Waals surface area contributed by atoms with E-state index in [-0.39, 0.29) is 29.2 Å². The number of hydrogen-bond donors (Lipinski definition) is 1. The highest BCUT2D eigenvalue weighted by Gasteiger charge is 2.39. The fourth-order valence-corrected chi connectivity index (χ4v) is 4.91. The zero-order chi connectivity index (χ0) is 25.4. The summed E-state index contributed by atoms with van der Waals surface area (Å²) in [5.41, 5.74) is 1.10. The Balaban J connectivity index is 2.27. The van der Waals surface area contributed by atoms with E-state index in [0.717, 1.165) is 12.8 Å². The number of rotatable bonds is 8. The van der Waals surface area contributed by atoms with Crippen LogP contribution in [0.1, 0.15) is 81.2 Å². The molecule has 1 aliphatic rings. The number of benzene rings is 2. The molecule has 0 radical (unpaired) electrons. The van der Waals surface area contributed by atoms with Crippen LogP contribution in [0, 0.1) is 31.3 Å². The van der Waals surface area contributed by atoms with Gasteiger partial charge in [-0.25, -0.2) is 13.2 Å². The molecule has 186 valence electrons. The molecule has 0 heterocycles. The SMILES string of the molecule is CCOC(=O)CC(N[S+]([O-])C(C)(C)C)c1c(F)c(-c2cccc(F)c2C)c(C)c(C2CC2)c1F. The smallest absolute Gasteiger partial charge is 0.307 e. The van der Waals surface area contributed by atoms with Crippen LogP contribution in [0.3, 0.4) is 0 Å². The van der Waals surface area contributed by atoms with Gasteiger partial charge in [-0.05, 0) is 88.6 Å². The van der Waals surface area contributed by atoms with Crippen molar-refractivity contribution in [3.05, 3.63) is 57.9 Å². The molecular formula is C26H32F3NO3S. The summed E-state index contributed by atoms with van der Waals surface area (Å²) >= 11 is -1.72. The van der Waals surface area contributed by atoms with E-state index in [9.17, 15) is 13.7 Å². The van der Waals surface area contributed by atoms with Gasteiger partial charge in [0.05, 0.1) is 19.1 Å². The molecule has 2 aromatic carbocycles. The second-order valence-electron chi connectivity index (χ2n) is 9.70. The van der Waals surface area contributed by atoms with Crippen LogP contribution in [0.5, 0.6) is 0 Å². The summed E-state index contributed by atoms with van der Waals surface area (Å²) in [6, 6.07) is 3.14. The predicted octanol–water partition coefficient (Wildman–Crippen LogP) is 6.31. The van der Waals surface area contributed by atoms with E-state index in [0.29, 0.717) is 16.7 Å². The van der Waals surface area contributed by atoms with Gasteiger partial charge in [0.25, 0.3) is 0 Å². The number of halogens is 3. The maximum absolute atomic E-state index is 16.2. The molecule has 2 atom stereocenters. The molecular weight excluding hydrogens is 463 g/mol. The van der Waals surface area contributed by atoms with Crippen LogP contribution in [0.2, 0.25) is 0 Å². The Kier molecular flexibility index (Phi) is 8.05. The van der Waals surface area contributed by atoms with Crippen molar-refractivity contribution in [1.82, 2.24) is 4.72 Å². The van der Waals surface area contributed by atoms with Gasteiger partial charge in [-0.1, -0.05) is 12.1 Å². The third-order valence-corrected chi connectivity index (χ3v) is 7.67. The largest absolute Gasteiger partial charge is 0.598 e. The summed E-state index contributed by atoms with van der Waals surface area (Å²) in [4.78, 5) is 12.4. The predicted molar refractivity (Wildman–Crippen MR) is 128 cm³/mol. The molecule has 0 aromatic heterocycles. The van der Waals surface area contributed by atoms with Crippen molar-refractivity contribution in [1.29, 1.82) is 0 Å². The minimum Gasteiger partial charge on any atom is -0.598 e. The Labute approximate surface area is 202 Å². The summed E-state index contributed by atoms with van der Waals surface area (Å²) in [7, 11) is 0. The van der Waals surface area contributed by atoms with Gasteiger partial charge in [-0.3, -0.25) is 4.79 Å². The van der Waals surface area contributed by atoms with Crippen molar-refractivity contribution in [2.75, 3.05) is 6.61 Å². The first-order chi connectivity index (χ1) is 15.9. The van der Waals surface area contributed by atoms with Crippen LogP contribution in [-0.2, 0) is 20.9 Å². The van der Waals surface area contributed by atoms with Crippen molar-refractivity contribution in [2.45, 2.75) is 77.5 Å². The van der Waals surface area contributed by atoms with Gasteiger partial charge < -0.3 is 9.29 Å². The fraction of sp³-hybridized carbons (Fsp3) is 0.500. The van der Waals surface area contributed by atoms with Crippen molar-refractivity contribution in [3.63, 3.8) is 0 Å². The summed E-state index contributed by atoms with van der Waals surface area (Å²) in [6.45, 7) is 10.1. The molecule has 34 heavy (non-hydrogen) atoms. The summed E-state index contributed by atoms with van der Waals surface area (Å²) < 4.78 is 66.6. The monoisotopic (exact) mass is 495 g/mol. The Morgan fingerprint density at radius 1 is 1.18 bits per heavy atom. The lowest BCUT2D eigenvalue weighted by Crippen LogP contribution is -2.42. The summed E-state index contributed by atoms with van der Waals surface area (Å²) in [6.07, 6.45) is 1.11. The third-order valence-electron chi connectivity index (χ3n) is 6.06. The maximum atomic E-state index is 16.2. The lowest BCUT2D eigenvalue weighted by atomic mass is 9.86. The van der Waals surface area contributed by atoms with Gasteiger partial charge in [0.1, 0.15) is 22.2 Å². The Hall–Kier alpha value is -2.03. The summed E-state index contributed by atoms with van der Waals surface area (Å²) in [5, 5.41) is 0. The Morgan fingerprint density at radius 3 is 2.38 bits per heavy atom. The number of esters is 1. The minimum atomic E-state index is -1.72. The van der Waals surface area contributed by atoms with Crippen LogP contribution < -0.4 is 4.72 Å².